The van der Waals surface area contributed by atoms with Crippen molar-refractivity contribution in [1.29, 1.82) is 0 Å². The van der Waals surface area contributed by atoms with Crippen LogP contribution >= 0.6 is 11.8 Å². The molecule has 3 aromatic heterocycles. The molecule has 0 unspecified atom stereocenters. The summed E-state index contributed by atoms with van der Waals surface area (Å²) in [6.45, 7) is 0.930. The summed E-state index contributed by atoms with van der Waals surface area (Å²) in [5.74, 6) is -0.0294. The van der Waals surface area contributed by atoms with Crippen molar-refractivity contribution in [2.75, 3.05) is 13.2 Å². The number of nitrogens with zero attached hydrogens (tertiary/aromatic N) is 4. The van der Waals surface area contributed by atoms with Crippen LogP contribution in [0.2, 0.25) is 0 Å². The summed E-state index contributed by atoms with van der Waals surface area (Å²) >= 11 is 1.62. The van der Waals surface area contributed by atoms with E-state index in [2.05, 4.69) is 33.4 Å². The first-order valence-corrected chi connectivity index (χ1v) is 12.2. The van der Waals surface area contributed by atoms with Gasteiger partial charge in [0.25, 0.3) is 0 Å². The topological polar surface area (TPSA) is 89.6 Å². The molecule has 8 heteroatoms. The third-order valence-electron chi connectivity index (χ3n) is 6.64. The van der Waals surface area contributed by atoms with Gasteiger partial charge in [-0.3, -0.25) is 14.2 Å². The Morgan fingerprint density at radius 3 is 2.63 bits per heavy atom. The maximum atomic E-state index is 12.2. The van der Waals surface area contributed by atoms with Crippen LogP contribution in [0.4, 0.5) is 0 Å². The number of carboxylic acids is 1. The van der Waals surface area contributed by atoms with Gasteiger partial charge in [0.2, 0.25) is 0 Å². The Bertz CT molecular complexity index is 1540. The van der Waals surface area contributed by atoms with Gasteiger partial charge in [-0.05, 0) is 78.4 Å². The van der Waals surface area contributed by atoms with Gasteiger partial charge in [-0.25, -0.2) is 0 Å². The minimum atomic E-state index is -0.888. The van der Waals surface area contributed by atoms with Crippen LogP contribution < -0.4 is 0 Å². The zero-order valence-corrected chi connectivity index (χ0v) is 19.6. The Hall–Kier alpha value is -3.75. The van der Waals surface area contributed by atoms with Gasteiger partial charge in [-0.2, -0.15) is 0 Å². The number of aromatic nitrogens is 4. The number of carbonyl (C=O) groups is 1. The normalized spacial score (nSPS) is 15.4. The molecule has 1 aliphatic rings. The quantitative estimate of drug-likeness (QED) is 0.367. The maximum absolute atomic E-state index is 12.2. The van der Waals surface area contributed by atoms with Crippen molar-refractivity contribution in [3.05, 3.63) is 84.7 Å². The number of fused-ring (bicyclic) bond motifs is 3. The molecule has 1 saturated heterocycles. The van der Waals surface area contributed by atoms with Crippen molar-refractivity contribution in [3.63, 3.8) is 0 Å². The molecule has 5 aromatic rings. The molecule has 0 spiro atoms. The number of hydrogen-bond acceptors (Lipinski definition) is 6. The van der Waals surface area contributed by atoms with Crippen molar-refractivity contribution in [2.45, 2.75) is 28.0 Å². The molecule has 7 nitrogen and oxygen atoms in total. The molecule has 0 amide bonds. The van der Waals surface area contributed by atoms with Gasteiger partial charge in [-0.1, -0.05) is 23.9 Å². The Labute approximate surface area is 205 Å². The highest BCUT2D eigenvalue weighted by Crippen LogP contribution is 2.38. The highest BCUT2D eigenvalue weighted by molar-refractivity contribution is 7.99. The molecule has 1 N–H and O–H groups in total. The van der Waals surface area contributed by atoms with Crippen LogP contribution in [0.15, 0.2) is 88.9 Å². The molecule has 0 bridgehead atoms. The van der Waals surface area contributed by atoms with Crippen molar-refractivity contribution >= 4 is 34.3 Å². The zero-order valence-electron chi connectivity index (χ0n) is 18.8. The van der Waals surface area contributed by atoms with E-state index in [1.807, 2.05) is 52.9 Å². The van der Waals surface area contributed by atoms with E-state index in [9.17, 15) is 9.90 Å². The summed E-state index contributed by atoms with van der Waals surface area (Å²) in [4.78, 5) is 18.5. The molecule has 4 heterocycles. The summed E-state index contributed by atoms with van der Waals surface area (Å²) in [7, 11) is 0. The summed E-state index contributed by atoms with van der Waals surface area (Å²) < 4.78 is 7.49. The Balaban J connectivity index is 1.36. The van der Waals surface area contributed by atoms with Crippen LogP contribution in [0.5, 0.6) is 0 Å². The first kappa shape index (κ1) is 21.8. The Morgan fingerprint density at radius 2 is 1.83 bits per heavy atom. The predicted octanol–water partition coefficient (Wildman–Crippen LogP) is 5.23. The number of rotatable bonds is 5. The lowest BCUT2D eigenvalue weighted by molar-refractivity contribution is -0.147. The van der Waals surface area contributed by atoms with E-state index >= 15 is 0 Å². The smallest absolute Gasteiger partial charge is 0.314 e. The van der Waals surface area contributed by atoms with E-state index in [0.29, 0.717) is 26.1 Å². The second kappa shape index (κ2) is 8.79. The first-order valence-electron chi connectivity index (χ1n) is 11.4. The largest absolute Gasteiger partial charge is 0.481 e. The van der Waals surface area contributed by atoms with Gasteiger partial charge in [0, 0.05) is 41.0 Å². The molecule has 1 fully saturated rings. The maximum Gasteiger partial charge on any atom is 0.314 e. The second-order valence-electron chi connectivity index (χ2n) is 8.64. The van der Waals surface area contributed by atoms with E-state index in [1.165, 1.54) is 0 Å². The predicted molar refractivity (Wildman–Crippen MR) is 134 cm³/mol. The zero-order chi connectivity index (χ0) is 23.8. The number of benzene rings is 2. The first-order chi connectivity index (χ1) is 17.1. The number of aliphatic carboxylic acids is 1. The molecule has 35 heavy (non-hydrogen) atoms. The van der Waals surface area contributed by atoms with E-state index < -0.39 is 11.4 Å². The van der Waals surface area contributed by atoms with Crippen LogP contribution in [0, 0.1) is 0 Å². The van der Waals surface area contributed by atoms with Crippen LogP contribution in [0.3, 0.4) is 0 Å². The van der Waals surface area contributed by atoms with Crippen LogP contribution in [0.1, 0.15) is 18.4 Å². The highest BCUT2D eigenvalue weighted by atomic mass is 32.2. The summed E-state index contributed by atoms with van der Waals surface area (Å²) in [5.41, 5.74) is 2.65. The third-order valence-corrected chi connectivity index (χ3v) is 7.62. The Morgan fingerprint density at radius 1 is 0.971 bits per heavy atom. The lowest BCUT2D eigenvalue weighted by Crippen LogP contribution is -2.41. The fourth-order valence-electron chi connectivity index (χ4n) is 4.76. The fraction of sp³-hybridized carbons (Fsp3) is 0.185. The molecule has 6 rings (SSSR count). The van der Waals surface area contributed by atoms with Gasteiger partial charge in [0.05, 0.1) is 10.9 Å². The number of ether oxygens (including phenoxy) is 1. The van der Waals surface area contributed by atoms with E-state index in [0.717, 1.165) is 43.3 Å². The van der Waals surface area contributed by atoms with Gasteiger partial charge in [0.1, 0.15) is 0 Å². The molecule has 1 aliphatic heterocycles. The van der Waals surface area contributed by atoms with Crippen LogP contribution in [0.25, 0.3) is 27.9 Å². The van der Waals surface area contributed by atoms with Gasteiger partial charge >= 0.3 is 5.97 Å². The Kier molecular flexibility index (Phi) is 5.47. The molecule has 0 aliphatic carbocycles. The molecule has 0 atom stereocenters. The molecule has 0 radical (unpaired) electrons. The van der Waals surface area contributed by atoms with Crippen molar-refractivity contribution in [1.82, 2.24) is 19.6 Å². The minimum Gasteiger partial charge on any atom is -0.481 e. The van der Waals surface area contributed by atoms with Gasteiger partial charge in [-0.15, -0.1) is 10.2 Å². The third kappa shape index (κ3) is 3.84. The monoisotopic (exact) mass is 482 g/mol. The van der Waals surface area contributed by atoms with Crippen molar-refractivity contribution < 1.29 is 14.6 Å². The average molecular weight is 483 g/mol. The molecular weight excluding hydrogens is 460 g/mol. The minimum absolute atomic E-state index is 0.465. The average Bonchev–Trinajstić information content (AvgIpc) is 3.34. The summed E-state index contributed by atoms with van der Waals surface area (Å²) in [6, 6.07) is 22.1. The number of carboxylic acid groups (broad SMARTS) is 1. The van der Waals surface area contributed by atoms with E-state index in [4.69, 9.17) is 4.74 Å². The molecule has 174 valence electrons. The standard InChI is InChI=1S/C27H22N4O3S/c32-26(33)27(10-13-34-14-11-27)20-4-1-5-21(16-20)35-22-7-8-23-18(15-22)6-9-24-29-30-25(31(23)24)19-3-2-12-28-17-19/h1-9,12,15-17H,10-11,13-14H2,(H,32,33). The van der Waals surface area contributed by atoms with E-state index in [1.54, 1.807) is 24.2 Å². The lowest BCUT2D eigenvalue weighted by atomic mass is 9.74. The van der Waals surface area contributed by atoms with Crippen molar-refractivity contribution in [3.8, 4) is 11.4 Å². The number of hydrogen-bond donors (Lipinski definition) is 1. The van der Waals surface area contributed by atoms with Crippen LogP contribution in [-0.4, -0.2) is 43.9 Å². The lowest BCUT2D eigenvalue weighted by Gasteiger charge is -2.33. The second-order valence-corrected chi connectivity index (χ2v) is 9.79. The summed E-state index contributed by atoms with van der Waals surface area (Å²) in [6.07, 6.45) is 4.50. The molecule has 0 saturated carbocycles. The van der Waals surface area contributed by atoms with E-state index in [-0.39, 0.29) is 0 Å². The SMILES string of the molecule is O=C(O)C1(c2cccc(Sc3ccc4c(ccc5nnc(-c6cccnc6)n54)c3)c2)CCOCC1. The number of pyridine rings is 2. The van der Waals surface area contributed by atoms with Gasteiger partial charge in [0.15, 0.2) is 11.5 Å². The van der Waals surface area contributed by atoms with Crippen molar-refractivity contribution in [2.24, 2.45) is 0 Å². The van der Waals surface area contributed by atoms with Gasteiger partial charge < -0.3 is 9.84 Å². The summed E-state index contributed by atoms with van der Waals surface area (Å²) in [5, 5.41) is 19.8. The van der Waals surface area contributed by atoms with Crippen LogP contribution in [-0.2, 0) is 14.9 Å². The fourth-order valence-corrected chi connectivity index (χ4v) is 5.69. The highest BCUT2D eigenvalue weighted by Gasteiger charge is 2.42. The molecular formula is C27H22N4O3S. The molecule has 2 aromatic carbocycles.